The van der Waals surface area contributed by atoms with Crippen LogP contribution in [0.5, 0.6) is 11.5 Å². The summed E-state index contributed by atoms with van der Waals surface area (Å²) < 4.78 is 23.3. The summed E-state index contributed by atoms with van der Waals surface area (Å²) in [6.45, 7) is 12.4. The van der Waals surface area contributed by atoms with Gasteiger partial charge in [0.2, 0.25) is 6.79 Å². The molecule has 0 amide bonds. The van der Waals surface area contributed by atoms with Crippen molar-refractivity contribution in [2.75, 3.05) is 6.79 Å². The van der Waals surface area contributed by atoms with Crippen LogP contribution in [0.1, 0.15) is 76.1 Å². The Labute approximate surface area is 181 Å². The molecule has 164 valence electrons. The number of hydrogen-bond donors (Lipinski definition) is 0. The molecule has 2 aromatic heterocycles. The molecule has 0 saturated heterocycles. The first-order valence-corrected chi connectivity index (χ1v) is 10.2. The Hall–Kier alpha value is -3.22. The Morgan fingerprint density at radius 3 is 1.74 bits per heavy atom. The Kier molecular flexibility index (Phi) is 4.87. The van der Waals surface area contributed by atoms with Crippen LogP contribution < -0.4 is 9.47 Å². The zero-order valence-corrected chi connectivity index (χ0v) is 18.6. The number of nitrogens with zero attached hydrogens (tertiary/aromatic N) is 1. The Bertz CT molecular complexity index is 1070. The van der Waals surface area contributed by atoms with Crippen molar-refractivity contribution < 1.29 is 23.2 Å². The van der Waals surface area contributed by atoms with Crippen LogP contribution in [-0.2, 0) is 10.8 Å². The van der Waals surface area contributed by atoms with Crippen LogP contribution in [0.15, 0.2) is 45.2 Å². The highest BCUT2D eigenvalue weighted by Crippen LogP contribution is 2.46. The lowest BCUT2D eigenvalue weighted by Gasteiger charge is -2.18. The molecule has 7 heteroatoms. The Morgan fingerprint density at radius 1 is 0.839 bits per heavy atom. The summed E-state index contributed by atoms with van der Waals surface area (Å²) in [6.07, 6.45) is 0. The van der Waals surface area contributed by atoms with Crippen LogP contribution in [0, 0.1) is 10.1 Å². The lowest BCUT2D eigenvalue weighted by Crippen LogP contribution is -2.10. The van der Waals surface area contributed by atoms with Gasteiger partial charge in [0.1, 0.15) is 29.0 Å². The van der Waals surface area contributed by atoms with Gasteiger partial charge in [0.15, 0.2) is 11.5 Å². The van der Waals surface area contributed by atoms with Crippen molar-refractivity contribution >= 4 is 5.69 Å². The average molecular weight is 425 g/mol. The van der Waals surface area contributed by atoms with Crippen LogP contribution in [0.4, 0.5) is 5.69 Å². The summed E-state index contributed by atoms with van der Waals surface area (Å²) >= 11 is 0. The van der Waals surface area contributed by atoms with Gasteiger partial charge in [-0.25, -0.2) is 0 Å². The highest BCUT2D eigenvalue weighted by molar-refractivity contribution is 5.59. The third-order valence-corrected chi connectivity index (χ3v) is 5.33. The molecule has 0 fully saturated rings. The first kappa shape index (κ1) is 21.0. The molecule has 7 nitrogen and oxygen atoms in total. The van der Waals surface area contributed by atoms with Gasteiger partial charge in [-0.1, -0.05) is 41.5 Å². The second kappa shape index (κ2) is 7.18. The highest BCUT2D eigenvalue weighted by Gasteiger charge is 2.35. The van der Waals surface area contributed by atoms with Gasteiger partial charge in [-0.15, -0.1) is 0 Å². The quantitative estimate of drug-likeness (QED) is 0.361. The first-order valence-electron chi connectivity index (χ1n) is 10.2. The molecule has 0 spiro atoms. The van der Waals surface area contributed by atoms with E-state index in [-0.39, 0.29) is 23.3 Å². The van der Waals surface area contributed by atoms with E-state index in [4.69, 9.17) is 18.3 Å². The standard InChI is InChI=1S/C24H27NO6/c1-23(2,3)20-9-7-16(30-20)22(17-8-10-21(31-17)24(4,5)6)14-11-18-19(29-13-28-18)12-15(14)25(26)27/h7-12,22H,13H2,1-6H3. The monoisotopic (exact) mass is 425 g/mol. The molecule has 0 bridgehead atoms. The molecule has 1 aliphatic rings. The van der Waals surface area contributed by atoms with Crippen LogP contribution in [0.25, 0.3) is 0 Å². The van der Waals surface area contributed by atoms with Gasteiger partial charge in [-0.2, -0.15) is 0 Å². The highest BCUT2D eigenvalue weighted by atomic mass is 16.7. The molecular formula is C24H27NO6. The minimum atomic E-state index is -0.609. The first-order chi connectivity index (χ1) is 14.4. The molecule has 1 aliphatic heterocycles. The third-order valence-electron chi connectivity index (χ3n) is 5.33. The Morgan fingerprint density at radius 2 is 1.32 bits per heavy atom. The van der Waals surface area contributed by atoms with E-state index in [2.05, 4.69) is 41.5 Å². The van der Waals surface area contributed by atoms with Gasteiger partial charge in [0.05, 0.1) is 16.6 Å². The van der Waals surface area contributed by atoms with Crippen molar-refractivity contribution in [2.24, 2.45) is 0 Å². The maximum absolute atomic E-state index is 12.0. The second-order valence-corrected chi connectivity index (χ2v) is 9.86. The average Bonchev–Trinajstić information content (AvgIpc) is 3.40. The maximum Gasteiger partial charge on any atom is 0.277 e. The molecule has 0 unspecified atom stereocenters. The fourth-order valence-electron chi connectivity index (χ4n) is 3.61. The third kappa shape index (κ3) is 3.92. The molecule has 3 aromatic rings. The largest absolute Gasteiger partial charge is 0.464 e. The lowest BCUT2D eigenvalue weighted by molar-refractivity contribution is -0.385. The molecule has 0 N–H and O–H groups in total. The smallest absolute Gasteiger partial charge is 0.277 e. The number of furan rings is 2. The number of rotatable bonds is 4. The van der Waals surface area contributed by atoms with Crippen LogP contribution in [0.3, 0.4) is 0 Å². The van der Waals surface area contributed by atoms with Crippen molar-refractivity contribution in [3.05, 3.63) is 75.1 Å². The Balaban J connectivity index is 1.93. The van der Waals surface area contributed by atoms with E-state index in [0.717, 1.165) is 11.5 Å². The summed E-state index contributed by atoms with van der Waals surface area (Å²) in [5, 5.41) is 12.0. The summed E-state index contributed by atoms with van der Waals surface area (Å²) in [4.78, 5) is 11.6. The fraction of sp³-hybridized carbons (Fsp3) is 0.417. The van der Waals surface area contributed by atoms with Gasteiger partial charge >= 0.3 is 0 Å². The van der Waals surface area contributed by atoms with Crippen molar-refractivity contribution in [3.8, 4) is 11.5 Å². The molecule has 4 rings (SSSR count). The molecule has 0 atom stereocenters. The van der Waals surface area contributed by atoms with Crippen molar-refractivity contribution in [2.45, 2.75) is 58.3 Å². The van der Waals surface area contributed by atoms with E-state index in [1.165, 1.54) is 6.07 Å². The van der Waals surface area contributed by atoms with Gasteiger partial charge in [-0.05, 0) is 30.3 Å². The summed E-state index contributed by atoms with van der Waals surface area (Å²) in [5.41, 5.74) is -0.0530. The van der Waals surface area contributed by atoms with E-state index >= 15 is 0 Å². The van der Waals surface area contributed by atoms with Gasteiger partial charge in [0.25, 0.3) is 5.69 Å². The zero-order valence-electron chi connectivity index (χ0n) is 18.6. The summed E-state index contributed by atoms with van der Waals surface area (Å²) in [5.74, 6) is 2.94. The van der Waals surface area contributed by atoms with E-state index in [0.29, 0.717) is 28.6 Å². The van der Waals surface area contributed by atoms with Crippen LogP contribution in [0.2, 0.25) is 0 Å². The predicted octanol–water partition coefficient (Wildman–Crippen LogP) is 6.28. The topological polar surface area (TPSA) is 87.9 Å². The molecule has 0 saturated carbocycles. The van der Waals surface area contributed by atoms with E-state index < -0.39 is 10.8 Å². The van der Waals surface area contributed by atoms with E-state index in [1.54, 1.807) is 6.07 Å². The maximum atomic E-state index is 12.0. The van der Waals surface area contributed by atoms with Gasteiger partial charge in [-0.3, -0.25) is 10.1 Å². The second-order valence-electron chi connectivity index (χ2n) is 9.86. The fourth-order valence-corrected chi connectivity index (χ4v) is 3.61. The normalized spacial score (nSPS) is 13.8. The number of nitro groups is 1. The molecular weight excluding hydrogens is 398 g/mol. The minimum absolute atomic E-state index is 0.0322. The van der Waals surface area contributed by atoms with Crippen LogP contribution in [-0.4, -0.2) is 11.7 Å². The van der Waals surface area contributed by atoms with Crippen molar-refractivity contribution in [1.82, 2.24) is 0 Å². The number of hydrogen-bond acceptors (Lipinski definition) is 6. The van der Waals surface area contributed by atoms with Crippen molar-refractivity contribution in [1.29, 1.82) is 0 Å². The molecule has 0 aliphatic carbocycles. The molecule has 31 heavy (non-hydrogen) atoms. The molecule has 1 aromatic carbocycles. The van der Waals surface area contributed by atoms with Crippen molar-refractivity contribution in [3.63, 3.8) is 0 Å². The lowest BCUT2D eigenvalue weighted by atomic mass is 9.92. The summed E-state index contributed by atoms with van der Waals surface area (Å²) in [7, 11) is 0. The number of benzene rings is 1. The van der Waals surface area contributed by atoms with Gasteiger partial charge < -0.3 is 18.3 Å². The molecule has 0 radical (unpaired) electrons. The minimum Gasteiger partial charge on any atom is -0.464 e. The zero-order chi connectivity index (χ0) is 22.6. The number of nitro benzene ring substituents is 1. The predicted molar refractivity (Wildman–Crippen MR) is 115 cm³/mol. The van der Waals surface area contributed by atoms with E-state index in [9.17, 15) is 10.1 Å². The molecule has 3 heterocycles. The van der Waals surface area contributed by atoms with E-state index in [1.807, 2.05) is 24.3 Å². The number of ether oxygens (including phenoxy) is 2. The summed E-state index contributed by atoms with van der Waals surface area (Å²) in [6, 6.07) is 10.6. The van der Waals surface area contributed by atoms with Gasteiger partial charge in [0, 0.05) is 10.8 Å². The van der Waals surface area contributed by atoms with Crippen LogP contribution >= 0.6 is 0 Å². The number of fused-ring (bicyclic) bond motifs is 1. The SMILES string of the molecule is CC(C)(C)c1ccc(C(c2ccc(C(C)(C)C)o2)c2cc3c(cc2[N+](=O)[O-])OCO3)o1.